The van der Waals surface area contributed by atoms with E-state index in [9.17, 15) is 4.79 Å². The second-order valence-corrected chi connectivity index (χ2v) is 7.82. The summed E-state index contributed by atoms with van der Waals surface area (Å²) >= 11 is 0. The van der Waals surface area contributed by atoms with E-state index in [0.29, 0.717) is 18.9 Å². The molecule has 33 heavy (non-hydrogen) atoms. The number of ether oxygens (including phenoxy) is 1. The van der Waals surface area contributed by atoms with Gasteiger partial charge < -0.3 is 19.5 Å². The molecule has 2 N–H and O–H groups in total. The molecule has 0 radical (unpaired) electrons. The van der Waals surface area contributed by atoms with Gasteiger partial charge in [0.2, 0.25) is 0 Å². The van der Waals surface area contributed by atoms with E-state index >= 15 is 0 Å². The average Bonchev–Trinajstić information content (AvgIpc) is 3.45. The normalized spacial score (nSPS) is 13.9. The van der Waals surface area contributed by atoms with Crippen LogP contribution in [0.2, 0.25) is 0 Å². The number of anilines is 2. The van der Waals surface area contributed by atoms with Crippen LogP contribution in [0.4, 0.5) is 11.4 Å². The fourth-order valence-electron chi connectivity index (χ4n) is 3.98. The monoisotopic (exact) mass is 463 g/mol. The van der Waals surface area contributed by atoms with Gasteiger partial charge in [0.05, 0.1) is 30.1 Å². The lowest BCUT2D eigenvalue weighted by Gasteiger charge is -2.29. The average molecular weight is 464 g/mol. The Balaban J connectivity index is 0.00000259. The molecule has 1 fully saturated rings. The zero-order valence-electron chi connectivity index (χ0n) is 18.3. The third-order valence-electron chi connectivity index (χ3n) is 5.76. The van der Waals surface area contributed by atoms with Crippen LogP contribution in [0.25, 0.3) is 23.1 Å². The highest BCUT2D eigenvalue weighted by molar-refractivity contribution is 6.05. The number of hydrogen-bond acceptors (Lipinski definition) is 4. The first-order valence-electron chi connectivity index (χ1n) is 10.7. The van der Waals surface area contributed by atoms with Gasteiger partial charge in [-0.05, 0) is 42.0 Å². The number of halogens is 1. The molecule has 0 atom stereocenters. The molecule has 7 nitrogen and oxygen atoms in total. The lowest BCUT2D eigenvalue weighted by atomic mass is 10.1. The van der Waals surface area contributed by atoms with Gasteiger partial charge in [0.15, 0.2) is 0 Å². The number of benzene rings is 2. The minimum Gasteiger partial charge on any atom is -0.378 e. The molecule has 0 unspecified atom stereocenters. The van der Waals surface area contributed by atoms with Gasteiger partial charge in [-0.15, -0.1) is 12.4 Å². The quantitative estimate of drug-likeness (QED) is 0.454. The van der Waals surface area contributed by atoms with Crippen LogP contribution in [-0.4, -0.2) is 47.0 Å². The van der Waals surface area contributed by atoms with Gasteiger partial charge in [0.25, 0.3) is 5.91 Å². The maximum absolute atomic E-state index is 12.9. The minimum absolute atomic E-state index is 0. The Kier molecular flexibility index (Phi) is 6.82. The number of para-hydroxylation sites is 1. The summed E-state index contributed by atoms with van der Waals surface area (Å²) in [7, 11) is 1.86. The van der Waals surface area contributed by atoms with Gasteiger partial charge in [-0.1, -0.05) is 30.3 Å². The van der Waals surface area contributed by atoms with Gasteiger partial charge >= 0.3 is 0 Å². The number of carbonyl (C=O) groups excluding carboxylic acids is 1. The molecule has 2 aromatic carbocycles. The molecule has 5 rings (SSSR count). The fourth-order valence-corrected chi connectivity index (χ4v) is 3.98. The number of aromatic nitrogens is 3. The van der Waals surface area contributed by atoms with Gasteiger partial charge in [-0.25, -0.2) is 0 Å². The summed E-state index contributed by atoms with van der Waals surface area (Å²) < 4.78 is 7.29. The Morgan fingerprint density at radius 2 is 1.91 bits per heavy atom. The number of amides is 1. The number of aryl methyl sites for hydroxylation is 1. The second-order valence-electron chi connectivity index (χ2n) is 7.82. The number of aromatic amines is 1. The molecule has 1 aliphatic rings. The van der Waals surface area contributed by atoms with Crippen molar-refractivity contribution in [3.8, 4) is 0 Å². The number of rotatable bonds is 5. The Labute approximate surface area is 198 Å². The lowest BCUT2D eigenvalue weighted by Crippen LogP contribution is -2.36. The predicted octanol–water partition coefficient (Wildman–Crippen LogP) is 4.58. The molecule has 0 spiro atoms. The van der Waals surface area contributed by atoms with Crippen molar-refractivity contribution in [3.05, 3.63) is 77.7 Å². The van der Waals surface area contributed by atoms with Crippen molar-refractivity contribution >= 4 is 52.7 Å². The van der Waals surface area contributed by atoms with Gasteiger partial charge in [0.1, 0.15) is 5.69 Å². The number of nitrogens with one attached hydrogen (secondary N) is 2. The summed E-state index contributed by atoms with van der Waals surface area (Å²) in [6.07, 6.45) is 5.83. The molecule has 8 heteroatoms. The molecule has 0 saturated carbocycles. The molecular formula is C25H26ClN5O2. The van der Waals surface area contributed by atoms with Crippen LogP contribution in [0.5, 0.6) is 0 Å². The van der Waals surface area contributed by atoms with Crippen molar-refractivity contribution < 1.29 is 9.53 Å². The number of H-pyrrole nitrogens is 1. The summed E-state index contributed by atoms with van der Waals surface area (Å²) in [6.45, 7) is 3.08. The topological polar surface area (TPSA) is 75.2 Å². The first kappa shape index (κ1) is 22.6. The highest BCUT2D eigenvalue weighted by Gasteiger charge is 2.15. The summed E-state index contributed by atoms with van der Waals surface area (Å²) in [5, 5.41) is 11.6. The summed E-state index contributed by atoms with van der Waals surface area (Å²) in [5.74, 6) is -0.142. The van der Waals surface area contributed by atoms with E-state index in [2.05, 4.69) is 26.5 Å². The van der Waals surface area contributed by atoms with Crippen molar-refractivity contribution in [3.63, 3.8) is 0 Å². The summed E-state index contributed by atoms with van der Waals surface area (Å²) in [4.78, 5) is 15.2. The van der Waals surface area contributed by atoms with E-state index in [1.807, 2.05) is 78.5 Å². The second kappa shape index (κ2) is 9.94. The molecule has 1 aliphatic heterocycles. The molecule has 4 aromatic rings. The van der Waals surface area contributed by atoms with Crippen LogP contribution in [-0.2, 0) is 11.8 Å². The van der Waals surface area contributed by atoms with Crippen LogP contribution in [0.1, 0.15) is 21.7 Å². The van der Waals surface area contributed by atoms with E-state index < -0.39 is 0 Å². The third kappa shape index (κ3) is 4.79. The predicted molar refractivity (Wildman–Crippen MR) is 135 cm³/mol. The van der Waals surface area contributed by atoms with Gasteiger partial charge in [0, 0.05) is 37.4 Å². The number of carbonyl (C=O) groups is 1. The summed E-state index contributed by atoms with van der Waals surface area (Å²) in [5.41, 5.74) is 5.20. The Morgan fingerprint density at radius 1 is 1.09 bits per heavy atom. The first-order chi connectivity index (χ1) is 15.7. The molecule has 1 saturated heterocycles. The highest BCUT2D eigenvalue weighted by atomic mass is 35.5. The number of morpholine rings is 1. The van der Waals surface area contributed by atoms with Crippen molar-refractivity contribution in [2.75, 3.05) is 36.5 Å². The maximum atomic E-state index is 12.9. The molecule has 3 heterocycles. The summed E-state index contributed by atoms with van der Waals surface area (Å²) in [6, 6.07) is 17.9. The van der Waals surface area contributed by atoms with Crippen LogP contribution in [0, 0.1) is 0 Å². The highest BCUT2D eigenvalue weighted by Crippen LogP contribution is 2.27. The van der Waals surface area contributed by atoms with Crippen molar-refractivity contribution in [2.24, 2.45) is 7.05 Å². The molecule has 2 aromatic heterocycles. The van der Waals surface area contributed by atoms with E-state index in [0.717, 1.165) is 46.6 Å². The molecule has 0 bridgehead atoms. The molecule has 170 valence electrons. The molecule has 0 aliphatic carbocycles. The standard InChI is InChI=1S/C25H25N5O2.ClH/c1-29-12-4-7-24(29)25(31)26-23-17-19(30-13-15-32-16-14-30)10-8-18(23)9-11-22-20-5-2-3-6-21(20)27-28-22;/h2-12,17H,13-16H2,1H3,(H,26,31)(H,27,28);1H/b11-9+;. The first-order valence-corrected chi connectivity index (χ1v) is 10.7. The molecular weight excluding hydrogens is 438 g/mol. The largest absolute Gasteiger partial charge is 0.378 e. The minimum atomic E-state index is -0.142. The Hall–Kier alpha value is -3.55. The SMILES string of the molecule is Cl.Cn1cccc1C(=O)Nc1cc(N2CCOCC2)ccc1/C=C/c1n[nH]c2ccccc12. The molecule has 1 amide bonds. The van der Waals surface area contributed by atoms with E-state index in [1.165, 1.54) is 0 Å². The van der Waals surface area contributed by atoms with Crippen LogP contribution < -0.4 is 10.2 Å². The van der Waals surface area contributed by atoms with Crippen molar-refractivity contribution in [1.29, 1.82) is 0 Å². The van der Waals surface area contributed by atoms with Crippen molar-refractivity contribution in [2.45, 2.75) is 0 Å². The number of hydrogen-bond donors (Lipinski definition) is 2. The number of nitrogens with zero attached hydrogens (tertiary/aromatic N) is 3. The fraction of sp³-hybridized carbons (Fsp3) is 0.200. The van der Waals surface area contributed by atoms with Crippen LogP contribution in [0.15, 0.2) is 60.8 Å². The number of fused-ring (bicyclic) bond motifs is 1. The van der Waals surface area contributed by atoms with E-state index in [4.69, 9.17) is 4.74 Å². The van der Waals surface area contributed by atoms with Crippen LogP contribution >= 0.6 is 12.4 Å². The van der Waals surface area contributed by atoms with Gasteiger partial charge in [-0.3, -0.25) is 9.89 Å². The Morgan fingerprint density at radius 3 is 2.70 bits per heavy atom. The van der Waals surface area contributed by atoms with Crippen molar-refractivity contribution in [1.82, 2.24) is 14.8 Å². The zero-order chi connectivity index (χ0) is 21.9. The smallest absolute Gasteiger partial charge is 0.272 e. The maximum Gasteiger partial charge on any atom is 0.272 e. The Bertz CT molecular complexity index is 1290. The van der Waals surface area contributed by atoms with E-state index in [-0.39, 0.29) is 18.3 Å². The van der Waals surface area contributed by atoms with Crippen LogP contribution in [0.3, 0.4) is 0 Å². The third-order valence-corrected chi connectivity index (χ3v) is 5.76. The van der Waals surface area contributed by atoms with Gasteiger partial charge in [-0.2, -0.15) is 5.10 Å². The zero-order valence-corrected chi connectivity index (χ0v) is 19.1. The lowest BCUT2D eigenvalue weighted by molar-refractivity contribution is 0.101. The van der Waals surface area contributed by atoms with E-state index in [1.54, 1.807) is 0 Å².